The summed E-state index contributed by atoms with van der Waals surface area (Å²) in [7, 11) is 0. The first kappa shape index (κ1) is 21.2. The van der Waals surface area contributed by atoms with Crippen molar-refractivity contribution in [2.24, 2.45) is 5.92 Å². The van der Waals surface area contributed by atoms with Gasteiger partial charge in [0.25, 0.3) is 11.6 Å². The molecule has 0 radical (unpaired) electrons. The first-order chi connectivity index (χ1) is 15.0. The minimum absolute atomic E-state index is 0.00633. The third-order valence-electron chi connectivity index (χ3n) is 5.43. The number of morpholine rings is 1. The topological polar surface area (TPSA) is 118 Å². The Morgan fingerprint density at radius 3 is 2.61 bits per heavy atom. The van der Waals surface area contributed by atoms with Crippen LogP contribution >= 0.6 is 11.3 Å². The maximum atomic E-state index is 13.0. The molecule has 1 atom stereocenters. The van der Waals surface area contributed by atoms with Gasteiger partial charge in [0.2, 0.25) is 5.91 Å². The molecule has 11 heteroatoms. The quantitative estimate of drug-likeness (QED) is 0.555. The first-order valence-electron chi connectivity index (χ1n) is 10.1. The van der Waals surface area contributed by atoms with Gasteiger partial charge in [-0.25, -0.2) is 4.98 Å². The number of carbonyl (C=O) groups is 2. The van der Waals surface area contributed by atoms with Crippen molar-refractivity contribution in [3.63, 3.8) is 0 Å². The molecule has 2 aliphatic heterocycles. The molecule has 2 fully saturated rings. The van der Waals surface area contributed by atoms with E-state index in [1.54, 1.807) is 22.4 Å². The van der Waals surface area contributed by atoms with Crippen molar-refractivity contribution in [3.05, 3.63) is 45.5 Å². The van der Waals surface area contributed by atoms with Crippen LogP contribution in [0.3, 0.4) is 0 Å². The van der Waals surface area contributed by atoms with E-state index < -0.39 is 4.92 Å². The Morgan fingerprint density at radius 1 is 1.16 bits per heavy atom. The van der Waals surface area contributed by atoms with Crippen LogP contribution in [0.2, 0.25) is 0 Å². The lowest BCUT2D eigenvalue weighted by atomic mass is 9.96. The Labute approximate surface area is 183 Å². The maximum absolute atomic E-state index is 13.0. The summed E-state index contributed by atoms with van der Waals surface area (Å²) in [6.07, 6.45) is 1.56. The van der Waals surface area contributed by atoms with Gasteiger partial charge < -0.3 is 19.9 Å². The molecule has 2 aliphatic rings. The molecular formula is C20H23N5O5S. The van der Waals surface area contributed by atoms with Crippen LogP contribution < -0.4 is 5.32 Å². The molecular weight excluding hydrogens is 422 g/mol. The van der Waals surface area contributed by atoms with E-state index in [9.17, 15) is 19.7 Å². The fourth-order valence-corrected chi connectivity index (χ4v) is 4.49. The average Bonchev–Trinajstić information content (AvgIpc) is 3.27. The molecule has 3 heterocycles. The maximum Gasteiger partial charge on any atom is 0.273 e. The number of amides is 2. The number of nitrogens with zero attached hydrogens (tertiary/aromatic N) is 4. The number of hydrogen-bond donors (Lipinski definition) is 1. The van der Waals surface area contributed by atoms with Crippen LogP contribution in [0.5, 0.6) is 0 Å². The molecule has 0 bridgehead atoms. The minimum Gasteiger partial charge on any atom is -0.378 e. The molecule has 0 spiro atoms. The number of nitro groups is 1. The van der Waals surface area contributed by atoms with E-state index in [0.717, 1.165) is 12.8 Å². The van der Waals surface area contributed by atoms with E-state index in [0.29, 0.717) is 55.9 Å². The summed E-state index contributed by atoms with van der Waals surface area (Å²) in [4.78, 5) is 44.0. The molecule has 2 aromatic rings. The Morgan fingerprint density at radius 2 is 1.90 bits per heavy atom. The highest BCUT2D eigenvalue weighted by atomic mass is 32.1. The van der Waals surface area contributed by atoms with Crippen molar-refractivity contribution in [3.8, 4) is 0 Å². The van der Waals surface area contributed by atoms with Gasteiger partial charge in [0, 0.05) is 49.4 Å². The van der Waals surface area contributed by atoms with E-state index >= 15 is 0 Å². The SMILES string of the molecule is O=C(c1csc(Nc2ccc([N+](=O)[O-])cc2)n1)N1CCCC(C(=O)N2CCOCC2)C1. The number of hydrogen-bond acceptors (Lipinski definition) is 8. The third kappa shape index (κ3) is 5.00. The summed E-state index contributed by atoms with van der Waals surface area (Å²) < 4.78 is 5.31. The lowest BCUT2D eigenvalue weighted by Crippen LogP contribution is -2.49. The smallest absolute Gasteiger partial charge is 0.273 e. The molecule has 31 heavy (non-hydrogen) atoms. The van der Waals surface area contributed by atoms with Crippen molar-refractivity contribution in [1.29, 1.82) is 0 Å². The zero-order valence-corrected chi connectivity index (χ0v) is 17.7. The van der Waals surface area contributed by atoms with Crippen molar-refractivity contribution < 1.29 is 19.2 Å². The van der Waals surface area contributed by atoms with E-state index in [1.165, 1.54) is 23.5 Å². The minimum atomic E-state index is -0.459. The lowest BCUT2D eigenvalue weighted by molar-refractivity contribution is -0.384. The Hall–Kier alpha value is -3.05. The van der Waals surface area contributed by atoms with Gasteiger partial charge in [-0.3, -0.25) is 19.7 Å². The molecule has 1 N–H and O–H groups in total. The number of piperidine rings is 1. The second-order valence-electron chi connectivity index (χ2n) is 7.49. The Balaban J connectivity index is 1.37. The van der Waals surface area contributed by atoms with Gasteiger partial charge in [0.05, 0.1) is 24.1 Å². The molecule has 1 aromatic carbocycles. The second kappa shape index (κ2) is 9.40. The van der Waals surface area contributed by atoms with Crippen LogP contribution in [-0.2, 0) is 9.53 Å². The van der Waals surface area contributed by atoms with Gasteiger partial charge in [0.15, 0.2) is 5.13 Å². The number of non-ortho nitro benzene ring substituents is 1. The lowest BCUT2D eigenvalue weighted by Gasteiger charge is -2.36. The van der Waals surface area contributed by atoms with Crippen molar-refractivity contribution in [2.75, 3.05) is 44.7 Å². The number of nitrogens with one attached hydrogen (secondary N) is 1. The second-order valence-corrected chi connectivity index (χ2v) is 8.35. The number of thiazole rings is 1. The van der Waals surface area contributed by atoms with Crippen LogP contribution in [0.1, 0.15) is 23.3 Å². The van der Waals surface area contributed by atoms with Gasteiger partial charge in [0.1, 0.15) is 5.69 Å². The highest BCUT2D eigenvalue weighted by Gasteiger charge is 2.32. The van der Waals surface area contributed by atoms with E-state index in [1.807, 2.05) is 4.90 Å². The normalized spacial score (nSPS) is 19.2. The Bertz CT molecular complexity index is 957. The van der Waals surface area contributed by atoms with Crippen molar-refractivity contribution in [1.82, 2.24) is 14.8 Å². The number of aromatic nitrogens is 1. The predicted octanol–water partition coefficient (Wildman–Crippen LogP) is 2.51. The van der Waals surface area contributed by atoms with Gasteiger partial charge in [-0.05, 0) is 25.0 Å². The van der Waals surface area contributed by atoms with Crippen LogP contribution in [-0.4, -0.2) is 70.9 Å². The van der Waals surface area contributed by atoms with Crippen LogP contribution in [0.25, 0.3) is 0 Å². The summed E-state index contributed by atoms with van der Waals surface area (Å²) in [5.41, 5.74) is 0.980. The number of rotatable bonds is 5. The molecule has 2 saturated heterocycles. The predicted molar refractivity (Wildman–Crippen MR) is 115 cm³/mol. The molecule has 10 nitrogen and oxygen atoms in total. The van der Waals surface area contributed by atoms with Gasteiger partial charge in [-0.15, -0.1) is 11.3 Å². The number of benzene rings is 1. The Kier molecular flexibility index (Phi) is 6.42. The van der Waals surface area contributed by atoms with Crippen molar-refractivity contribution in [2.45, 2.75) is 12.8 Å². The van der Waals surface area contributed by atoms with Crippen LogP contribution in [0.15, 0.2) is 29.6 Å². The monoisotopic (exact) mass is 445 g/mol. The molecule has 2 amide bonds. The zero-order valence-electron chi connectivity index (χ0n) is 16.9. The number of anilines is 2. The average molecular weight is 446 g/mol. The number of likely N-dealkylation sites (tertiary alicyclic amines) is 1. The molecule has 164 valence electrons. The molecule has 0 aliphatic carbocycles. The fourth-order valence-electron chi connectivity index (χ4n) is 3.79. The molecule has 1 aromatic heterocycles. The van der Waals surface area contributed by atoms with Gasteiger partial charge >= 0.3 is 0 Å². The number of carbonyl (C=O) groups excluding carboxylic acids is 2. The summed E-state index contributed by atoms with van der Waals surface area (Å²) in [5, 5.41) is 16.0. The summed E-state index contributed by atoms with van der Waals surface area (Å²) in [5.74, 6) is -0.278. The summed E-state index contributed by atoms with van der Waals surface area (Å²) in [6, 6.07) is 5.99. The molecule has 0 saturated carbocycles. The van der Waals surface area contributed by atoms with E-state index in [-0.39, 0.29) is 23.4 Å². The van der Waals surface area contributed by atoms with Gasteiger partial charge in [-0.1, -0.05) is 0 Å². The zero-order chi connectivity index (χ0) is 21.8. The number of ether oxygens (including phenoxy) is 1. The van der Waals surface area contributed by atoms with Crippen LogP contribution in [0, 0.1) is 16.0 Å². The standard InChI is InChI=1S/C20H23N5O5S/c26-18(23-8-10-30-11-9-23)14-2-1-7-24(12-14)19(27)17-13-31-20(22-17)21-15-3-5-16(6-4-15)25(28)29/h3-6,13-14H,1-2,7-12H2,(H,21,22). The highest BCUT2D eigenvalue weighted by Crippen LogP contribution is 2.25. The van der Waals surface area contributed by atoms with Gasteiger partial charge in [-0.2, -0.15) is 0 Å². The van der Waals surface area contributed by atoms with E-state index in [2.05, 4.69) is 10.3 Å². The highest BCUT2D eigenvalue weighted by molar-refractivity contribution is 7.14. The van der Waals surface area contributed by atoms with Crippen LogP contribution in [0.4, 0.5) is 16.5 Å². The molecule has 4 rings (SSSR count). The first-order valence-corrected chi connectivity index (χ1v) is 11.0. The summed E-state index contributed by atoms with van der Waals surface area (Å²) in [6.45, 7) is 3.33. The third-order valence-corrected chi connectivity index (χ3v) is 6.19. The van der Waals surface area contributed by atoms with E-state index in [4.69, 9.17) is 4.74 Å². The van der Waals surface area contributed by atoms with Crippen molar-refractivity contribution >= 4 is 39.7 Å². The fraction of sp³-hybridized carbons (Fsp3) is 0.450. The largest absolute Gasteiger partial charge is 0.378 e. The summed E-state index contributed by atoms with van der Waals surface area (Å²) >= 11 is 1.28. The number of nitro benzene ring substituents is 1. The molecule has 1 unspecified atom stereocenters.